The van der Waals surface area contributed by atoms with E-state index in [0.29, 0.717) is 23.7 Å². The van der Waals surface area contributed by atoms with Crippen molar-refractivity contribution in [3.63, 3.8) is 0 Å². The Morgan fingerprint density at radius 2 is 2.10 bits per heavy atom. The minimum absolute atomic E-state index is 0.0365. The Kier molecular flexibility index (Phi) is 5.65. The molecule has 1 amide bonds. The minimum Gasteiger partial charge on any atom is -0.445 e. The lowest BCUT2D eigenvalue weighted by Crippen LogP contribution is -2.45. The van der Waals surface area contributed by atoms with Gasteiger partial charge in [-0.05, 0) is 50.5 Å². The molecule has 1 aliphatic rings. The number of hydrogen-bond acceptors (Lipinski definition) is 6. The molecule has 30 heavy (non-hydrogen) atoms. The number of likely N-dealkylation sites (tertiary alicyclic amines) is 1. The van der Waals surface area contributed by atoms with Crippen LogP contribution >= 0.6 is 0 Å². The molecule has 0 saturated carbocycles. The molecule has 0 bridgehead atoms. The van der Waals surface area contributed by atoms with Crippen LogP contribution in [0.4, 0.5) is 0 Å². The zero-order chi connectivity index (χ0) is 21.3. The van der Waals surface area contributed by atoms with Crippen molar-refractivity contribution in [1.82, 2.24) is 30.1 Å². The second kappa shape index (κ2) is 8.38. The number of oxazole rings is 1. The van der Waals surface area contributed by atoms with Crippen LogP contribution in [-0.2, 0) is 0 Å². The number of aromatic nitrogens is 5. The smallest absolute Gasteiger partial charge is 0.256 e. The molecule has 1 saturated heterocycles. The zero-order valence-electron chi connectivity index (χ0n) is 17.9. The third-order valence-corrected chi connectivity index (χ3v) is 6.12. The summed E-state index contributed by atoms with van der Waals surface area (Å²) in [7, 11) is 0. The quantitative estimate of drug-likeness (QED) is 0.636. The van der Waals surface area contributed by atoms with E-state index in [2.05, 4.69) is 36.2 Å². The molecule has 4 rings (SSSR count). The largest absolute Gasteiger partial charge is 0.445 e. The van der Waals surface area contributed by atoms with Crippen LogP contribution in [0.1, 0.15) is 79.6 Å². The van der Waals surface area contributed by atoms with E-state index in [1.165, 1.54) is 11.1 Å². The molecular formula is C22H28N6O2. The molecule has 0 aliphatic carbocycles. The maximum Gasteiger partial charge on any atom is 0.256 e. The Morgan fingerprint density at radius 1 is 1.30 bits per heavy atom. The molecule has 0 radical (unpaired) electrons. The van der Waals surface area contributed by atoms with Gasteiger partial charge in [-0.2, -0.15) is 0 Å². The third-order valence-electron chi connectivity index (χ3n) is 6.12. The van der Waals surface area contributed by atoms with E-state index in [1.54, 1.807) is 0 Å². The molecule has 1 aromatic carbocycles. The predicted molar refractivity (Wildman–Crippen MR) is 112 cm³/mol. The Bertz CT molecular complexity index is 1010. The Balaban J connectivity index is 1.60. The SMILES string of the molecule is CCC(C)c1nc(C2CC[C@@H](C)N(C(=O)c3ccccc3-n3ncnn3)C2)oc1C. The first-order valence-corrected chi connectivity index (χ1v) is 10.6. The first-order chi connectivity index (χ1) is 14.5. The van der Waals surface area contributed by atoms with Gasteiger partial charge >= 0.3 is 0 Å². The van der Waals surface area contributed by atoms with Gasteiger partial charge in [0.15, 0.2) is 12.2 Å². The van der Waals surface area contributed by atoms with E-state index in [4.69, 9.17) is 9.40 Å². The molecule has 1 aliphatic heterocycles. The molecular weight excluding hydrogens is 380 g/mol. The van der Waals surface area contributed by atoms with Gasteiger partial charge in [0.1, 0.15) is 11.4 Å². The van der Waals surface area contributed by atoms with Crippen LogP contribution in [0, 0.1) is 6.92 Å². The average Bonchev–Trinajstić information content (AvgIpc) is 3.43. The van der Waals surface area contributed by atoms with E-state index in [0.717, 1.165) is 36.6 Å². The van der Waals surface area contributed by atoms with Crippen LogP contribution in [0.15, 0.2) is 35.0 Å². The van der Waals surface area contributed by atoms with Gasteiger partial charge in [-0.15, -0.1) is 15.0 Å². The lowest BCUT2D eigenvalue weighted by Gasteiger charge is -2.37. The van der Waals surface area contributed by atoms with E-state index in [9.17, 15) is 4.79 Å². The van der Waals surface area contributed by atoms with E-state index in [1.807, 2.05) is 36.1 Å². The summed E-state index contributed by atoms with van der Waals surface area (Å²) in [5.74, 6) is 2.06. The molecule has 8 heteroatoms. The first-order valence-electron chi connectivity index (χ1n) is 10.6. The fourth-order valence-corrected chi connectivity index (χ4v) is 4.11. The number of amides is 1. The highest BCUT2D eigenvalue weighted by Crippen LogP contribution is 2.33. The highest BCUT2D eigenvalue weighted by Gasteiger charge is 2.34. The number of rotatable bonds is 5. The number of carbonyl (C=O) groups excluding carboxylic acids is 1. The molecule has 0 N–H and O–H groups in total. The van der Waals surface area contributed by atoms with Crippen LogP contribution in [-0.4, -0.2) is 48.6 Å². The van der Waals surface area contributed by atoms with Crippen LogP contribution < -0.4 is 0 Å². The second-order valence-corrected chi connectivity index (χ2v) is 8.13. The van der Waals surface area contributed by atoms with Crippen molar-refractivity contribution in [2.75, 3.05) is 6.54 Å². The van der Waals surface area contributed by atoms with Crippen molar-refractivity contribution >= 4 is 5.91 Å². The number of nitrogens with zero attached hydrogens (tertiary/aromatic N) is 6. The van der Waals surface area contributed by atoms with Gasteiger partial charge in [-0.3, -0.25) is 4.79 Å². The van der Waals surface area contributed by atoms with Crippen molar-refractivity contribution < 1.29 is 9.21 Å². The van der Waals surface area contributed by atoms with Gasteiger partial charge in [0.25, 0.3) is 5.91 Å². The average molecular weight is 409 g/mol. The van der Waals surface area contributed by atoms with Crippen LogP contribution in [0.25, 0.3) is 5.69 Å². The normalized spacial score (nSPS) is 20.3. The summed E-state index contributed by atoms with van der Waals surface area (Å²) in [5.41, 5.74) is 2.22. The molecule has 158 valence electrons. The lowest BCUT2D eigenvalue weighted by molar-refractivity contribution is 0.0596. The van der Waals surface area contributed by atoms with Gasteiger partial charge in [0.2, 0.25) is 0 Å². The van der Waals surface area contributed by atoms with Gasteiger partial charge in [0, 0.05) is 18.5 Å². The van der Waals surface area contributed by atoms with E-state index < -0.39 is 0 Å². The first kappa shape index (κ1) is 20.3. The van der Waals surface area contributed by atoms with Crippen LogP contribution in [0.5, 0.6) is 0 Å². The summed E-state index contributed by atoms with van der Waals surface area (Å²) in [4.78, 5) is 21.6. The summed E-state index contributed by atoms with van der Waals surface area (Å²) >= 11 is 0. The van der Waals surface area contributed by atoms with Crippen molar-refractivity contribution in [1.29, 1.82) is 0 Å². The van der Waals surface area contributed by atoms with Gasteiger partial charge in [-0.1, -0.05) is 26.0 Å². The highest BCUT2D eigenvalue weighted by molar-refractivity contribution is 5.98. The van der Waals surface area contributed by atoms with Crippen LogP contribution in [0.2, 0.25) is 0 Å². The van der Waals surface area contributed by atoms with Crippen LogP contribution in [0.3, 0.4) is 0 Å². The predicted octanol–water partition coefficient (Wildman–Crippen LogP) is 3.88. The number of hydrogen-bond donors (Lipinski definition) is 0. The Labute approximate surface area is 176 Å². The number of piperidine rings is 1. The number of carbonyl (C=O) groups is 1. The highest BCUT2D eigenvalue weighted by atomic mass is 16.4. The Morgan fingerprint density at radius 3 is 2.83 bits per heavy atom. The summed E-state index contributed by atoms with van der Waals surface area (Å²) in [6.07, 6.45) is 4.24. The van der Waals surface area contributed by atoms with Crippen molar-refractivity contribution in [3.05, 3.63) is 53.5 Å². The minimum atomic E-state index is -0.0365. The van der Waals surface area contributed by atoms with Gasteiger partial charge < -0.3 is 9.32 Å². The maximum absolute atomic E-state index is 13.5. The van der Waals surface area contributed by atoms with E-state index >= 15 is 0 Å². The monoisotopic (exact) mass is 408 g/mol. The summed E-state index contributed by atoms with van der Waals surface area (Å²) in [6.45, 7) is 8.98. The van der Waals surface area contributed by atoms with Gasteiger partial charge in [-0.25, -0.2) is 4.98 Å². The molecule has 0 spiro atoms. The van der Waals surface area contributed by atoms with E-state index in [-0.39, 0.29) is 17.9 Å². The molecule has 3 atom stereocenters. The van der Waals surface area contributed by atoms with Gasteiger partial charge in [0.05, 0.1) is 17.2 Å². The number of tetrazole rings is 1. The van der Waals surface area contributed by atoms with Crippen molar-refractivity contribution in [2.45, 2.75) is 64.8 Å². The molecule has 1 fully saturated rings. The molecule has 3 aromatic rings. The summed E-state index contributed by atoms with van der Waals surface area (Å²) in [6, 6.07) is 7.50. The molecule has 2 aromatic heterocycles. The molecule has 2 unspecified atom stereocenters. The summed E-state index contributed by atoms with van der Waals surface area (Å²) < 4.78 is 6.05. The standard InChI is InChI=1S/C22H28N6O2/c1-5-14(2)20-16(4)30-21(25-20)17-11-10-15(3)27(12-17)22(29)18-8-6-7-9-19(18)28-24-13-23-26-28/h6-9,13-15,17H,5,10-12H2,1-4H3/t14?,15-,17?/m1/s1. The number of benzene rings is 1. The Hall–Kier alpha value is -3.03. The molecule has 8 nitrogen and oxygen atoms in total. The molecule has 3 heterocycles. The third kappa shape index (κ3) is 3.74. The number of para-hydroxylation sites is 1. The van der Waals surface area contributed by atoms with Crippen molar-refractivity contribution in [2.24, 2.45) is 0 Å². The fraction of sp³-hybridized carbons (Fsp3) is 0.500. The zero-order valence-corrected chi connectivity index (χ0v) is 17.9. The lowest BCUT2D eigenvalue weighted by atomic mass is 9.92. The number of aryl methyl sites for hydroxylation is 1. The maximum atomic E-state index is 13.5. The topological polar surface area (TPSA) is 89.9 Å². The second-order valence-electron chi connectivity index (χ2n) is 8.13. The fourth-order valence-electron chi connectivity index (χ4n) is 4.11. The summed E-state index contributed by atoms with van der Waals surface area (Å²) in [5, 5.41) is 11.8. The van der Waals surface area contributed by atoms with Crippen molar-refractivity contribution in [3.8, 4) is 5.69 Å².